The van der Waals surface area contributed by atoms with Gasteiger partial charge in [-0.1, -0.05) is 19.3 Å². The topological polar surface area (TPSA) is 70.3 Å². The maximum Gasteiger partial charge on any atom is 0.239 e. The molecule has 3 atom stereocenters. The van der Waals surface area contributed by atoms with Crippen LogP contribution in [0.2, 0.25) is 0 Å². The van der Waals surface area contributed by atoms with E-state index in [1.165, 1.54) is 32.1 Å². The summed E-state index contributed by atoms with van der Waals surface area (Å²) < 4.78 is 7.88. The van der Waals surface area contributed by atoms with Crippen LogP contribution >= 0.6 is 0 Å². The highest BCUT2D eigenvalue weighted by Gasteiger charge is 2.32. The van der Waals surface area contributed by atoms with Crippen LogP contribution in [-0.2, 0) is 16.1 Å². The highest BCUT2D eigenvalue weighted by atomic mass is 16.5. The molecule has 1 aromatic heterocycles. The van der Waals surface area contributed by atoms with Gasteiger partial charge in [-0.25, -0.2) is 0 Å². The third kappa shape index (κ3) is 4.36. The van der Waals surface area contributed by atoms with Gasteiger partial charge in [0.2, 0.25) is 5.91 Å². The van der Waals surface area contributed by atoms with Crippen LogP contribution in [0.25, 0.3) is 0 Å². The Bertz CT molecular complexity index is 788. The van der Waals surface area contributed by atoms with Crippen molar-refractivity contribution in [2.45, 2.75) is 71.4 Å². The lowest BCUT2D eigenvalue weighted by molar-refractivity contribution is -0.118. The first kappa shape index (κ1) is 20.4. The molecule has 3 heterocycles. The summed E-state index contributed by atoms with van der Waals surface area (Å²) >= 11 is 0. The molecule has 3 fully saturated rings. The van der Waals surface area contributed by atoms with Crippen molar-refractivity contribution < 1.29 is 9.53 Å². The Morgan fingerprint density at radius 1 is 1.17 bits per heavy atom. The number of piperidine rings is 1. The summed E-state index contributed by atoms with van der Waals surface area (Å²) in [6.45, 7) is 7.94. The van der Waals surface area contributed by atoms with Gasteiger partial charge in [-0.05, 0) is 63.5 Å². The summed E-state index contributed by atoms with van der Waals surface area (Å²) in [5, 5.41) is 12.8. The Morgan fingerprint density at radius 2 is 1.97 bits per heavy atom. The van der Waals surface area contributed by atoms with E-state index in [2.05, 4.69) is 20.9 Å². The summed E-state index contributed by atoms with van der Waals surface area (Å²) in [5.74, 6) is 2.26. The average Bonchev–Trinajstić information content (AvgIpc) is 3.31. The molecule has 0 bridgehead atoms. The van der Waals surface area contributed by atoms with Gasteiger partial charge in [-0.3, -0.25) is 9.69 Å². The van der Waals surface area contributed by atoms with Crippen LogP contribution in [-0.4, -0.2) is 47.7 Å². The summed E-state index contributed by atoms with van der Waals surface area (Å²) in [4.78, 5) is 15.2. The number of rotatable bonds is 5. The number of likely N-dealkylation sites (tertiary alicyclic amines) is 1. The molecule has 4 rings (SSSR count). The zero-order valence-corrected chi connectivity index (χ0v) is 17.9. The number of nitriles is 1. The number of nitrogens with one attached hydrogen (secondary N) is 1. The number of amides is 1. The summed E-state index contributed by atoms with van der Waals surface area (Å²) in [7, 11) is 0. The summed E-state index contributed by atoms with van der Waals surface area (Å²) in [5.41, 5.74) is 2.57. The van der Waals surface area contributed by atoms with Gasteiger partial charge in [0.05, 0.1) is 24.8 Å². The zero-order valence-electron chi connectivity index (χ0n) is 17.9. The van der Waals surface area contributed by atoms with Crippen LogP contribution in [0.15, 0.2) is 0 Å². The van der Waals surface area contributed by atoms with E-state index in [1.807, 2.05) is 13.8 Å². The van der Waals surface area contributed by atoms with Gasteiger partial charge in [-0.2, -0.15) is 5.26 Å². The minimum absolute atomic E-state index is 0.0122. The fourth-order valence-electron chi connectivity index (χ4n) is 5.55. The van der Waals surface area contributed by atoms with Gasteiger partial charge in [0, 0.05) is 18.8 Å². The number of anilines is 1. The molecule has 1 aromatic rings. The van der Waals surface area contributed by atoms with E-state index in [0.29, 0.717) is 24.5 Å². The maximum atomic E-state index is 12.9. The van der Waals surface area contributed by atoms with Gasteiger partial charge < -0.3 is 14.6 Å². The second-order valence-corrected chi connectivity index (χ2v) is 9.17. The number of hydrogen-bond donors (Lipinski definition) is 1. The van der Waals surface area contributed by atoms with E-state index in [-0.39, 0.29) is 12.0 Å². The van der Waals surface area contributed by atoms with Crippen molar-refractivity contribution in [3.05, 3.63) is 16.8 Å². The minimum Gasteiger partial charge on any atom is -0.376 e. The van der Waals surface area contributed by atoms with Crippen LogP contribution < -0.4 is 5.32 Å². The van der Waals surface area contributed by atoms with Gasteiger partial charge in [0.1, 0.15) is 11.9 Å². The largest absolute Gasteiger partial charge is 0.376 e. The molecule has 29 heavy (non-hydrogen) atoms. The Morgan fingerprint density at radius 3 is 2.69 bits per heavy atom. The van der Waals surface area contributed by atoms with Crippen LogP contribution in [0.5, 0.6) is 0 Å². The molecule has 1 N–H and O–H groups in total. The third-order valence-electron chi connectivity index (χ3n) is 7.35. The standard InChI is InChI=1S/C23H34N4O2/c1-16-17(2)27(14-20-8-5-11-29-20)23(21(16)12-24)25-22(28)15-26-10-9-18-6-3-4-7-19(18)13-26/h18-20H,3-11,13-15H2,1-2H3,(H,25,28)/t18-,19+,20-/m0/s1. The number of nitrogens with zero attached hydrogens (tertiary/aromatic N) is 3. The number of hydrogen-bond acceptors (Lipinski definition) is 4. The van der Waals surface area contributed by atoms with Crippen LogP contribution in [0.1, 0.15) is 61.8 Å². The quantitative estimate of drug-likeness (QED) is 0.823. The first-order valence-electron chi connectivity index (χ1n) is 11.3. The molecule has 1 aliphatic carbocycles. The number of carbonyl (C=O) groups is 1. The molecular formula is C23H34N4O2. The molecular weight excluding hydrogens is 364 g/mol. The average molecular weight is 399 g/mol. The molecule has 2 saturated heterocycles. The molecule has 3 aliphatic rings. The Balaban J connectivity index is 1.44. The smallest absolute Gasteiger partial charge is 0.239 e. The SMILES string of the molecule is Cc1c(C#N)c(NC(=O)CN2CC[C@@H]3CCCC[C@@H]3C2)n(C[C@@H]2CCCO2)c1C. The van der Waals surface area contributed by atoms with E-state index >= 15 is 0 Å². The van der Waals surface area contributed by atoms with Crippen molar-refractivity contribution in [3.8, 4) is 6.07 Å². The predicted molar refractivity (Wildman–Crippen MR) is 113 cm³/mol. The normalized spacial score (nSPS) is 27.4. The van der Waals surface area contributed by atoms with E-state index in [0.717, 1.165) is 55.6 Å². The molecule has 1 saturated carbocycles. The molecule has 0 radical (unpaired) electrons. The third-order valence-corrected chi connectivity index (χ3v) is 7.35. The number of aromatic nitrogens is 1. The molecule has 1 amide bonds. The number of carbonyl (C=O) groups excluding carboxylic acids is 1. The molecule has 2 aliphatic heterocycles. The van der Waals surface area contributed by atoms with E-state index in [4.69, 9.17) is 4.74 Å². The lowest BCUT2D eigenvalue weighted by Gasteiger charge is -2.41. The van der Waals surface area contributed by atoms with Crippen LogP contribution in [0, 0.1) is 37.0 Å². The predicted octanol–water partition coefficient (Wildman–Crippen LogP) is 3.61. The van der Waals surface area contributed by atoms with Crippen molar-refractivity contribution in [2.24, 2.45) is 11.8 Å². The second kappa shape index (κ2) is 8.89. The molecule has 6 heteroatoms. The van der Waals surface area contributed by atoms with Gasteiger partial charge in [0.15, 0.2) is 0 Å². The Labute approximate surface area is 174 Å². The monoisotopic (exact) mass is 398 g/mol. The molecule has 0 unspecified atom stereocenters. The van der Waals surface area contributed by atoms with E-state index in [1.54, 1.807) is 0 Å². The highest BCUT2D eigenvalue weighted by Crippen LogP contribution is 2.36. The minimum atomic E-state index is -0.0122. The van der Waals surface area contributed by atoms with Gasteiger partial charge in [-0.15, -0.1) is 0 Å². The second-order valence-electron chi connectivity index (χ2n) is 9.17. The van der Waals surface area contributed by atoms with Gasteiger partial charge in [0.25, 0.3) is 0 Å². The lowest BCUT2D eigenvalue weighted by atomic mass is 9.75. The van der Waals surface area contributed by atoms with Crippen molar-refractivity contribution in [3.63, 3.8) is 0 Å². The number of ether oxygens (including phenoxy) is 1. The fourth-order valence-corrected chi connectivity index (χ4v) is 5.55. The first-order chi connectivity index (χ1) is 14.1. The first-order valence-corrected chi connectivity index (χ1v) is 11.3. The van der Waals surface area contributed by atoms with E-state index < -0.39 is 0 Å². The Hall–Kier alpha value is -1.84. The maximum absolute atomic E-state index is 12.9. The molecule has 158 valence electrons. The zero-order chi connectivity index (χ0) is 20.4. The fraction of sp³-hybridized carbons (Fsp3) is 0.739. The summed E-state index contributed by atoms with van der Waals surface area (Å²) in [6.07, 6.45) is 8.87. The van der Waals surface area contributed by atoms with Crippen molar-refractivity contribution in [2.75, 3.05) is 31.6 Å². The Kier molecular flexibility index (Phi) is 6.26. The highest BCUT2D eigenvalue weighted by molar-refractivity contribution is 5.93. The molecule has 0 spiro atoms. The van der Waals surface area contributed by atoms with Crippen molar-refractivity contribution in [1.29, 1.82) is 5.26 Å². The molecule has 0 aromatic carbocycles. The lowest BCUT2D eigenvalue weighted by Crippen LogP contribution is -2.45. The van der Waals surface area contributed by atoms with Crippen LogP contribution in [0.4, 0.5) is 5.82 Å². The van der Waals surface area contributed by atoms with Crippen molar-refractivity contribution in [1.82, 2.24) is 9.47 Å². The summed E-state index contributed by atoms with van der Waals surface area (Å²) in [6, 6.07) is 2.31. The number of fused-ring (bicyclic) bond motifs is 1. The van der Waals surface area contributed by atoms with Gasteiger partial charge >= 0.3 is 0 Å². The van der Waals surface area contributed by atoms with Crippen LogP contribution in [0.3, 0.4) is 0 Å². The van der Waals surface area contributed by atoms with Crippen molar-refractivity contribution >= 4 is 11.7 Å². The molecule has 6 nitrogen and oxygen atoms in total. The van der Waals surface area contributed by atoms with E-state index in [9.17, 15) is 10.1 Å².